The quantitative estimate of drug-likeness (QED) is 0.101. The number of ether oxygens (including phenoxy) is 3. The first-order valence-corrected chi connectivity index (χ1v) is 15.2. The second-order valence-electron chi connectivity index (χ2n) is 10.1. The minimum atomic E-state index is -0.174. The largest absolute Gasteiger partial charge is 0.447 e. The number of rotatable bonds is 28. The molecular weight excluding hydrogens is 438 g/mol. The molecule has 0 saturated carbocycles. The van der Waals surface area contributed by atoms with E-state index >= 15 is 0 Å². The Morgan fingerprint density at radius 2 is 0.886 bits per heavy atom. The summed E-state index contributed by atoms with van der Waals surface area (Å²) in [5.41, 5.74) is 0. The number of hydrogen-bond donors (Lipinski definition) is 0. The first-order chi connectivity index (χ1) is 17.3. The highest BCUT2D eigenvalue weighted by Gasteiger charge is 2.14. The van der Waals surface area contributed by atoms with Gasteiger partial charge in [-0.05, 0) is 12.8 Å². The average molecular weight is 500 g/mol. The van der Waals surface area contributed by atoms with Crippen LogP contribution in [0.1, 0.15) is 142 Å². The third kappa shape index (κ3) is 26.1. The highest BCUT2D eigenvalue weighted by molar-refractivity contribution is 5.67. The third-order valence-corrected chi connectivity index (χ3v) is 6.71. The van der Waals surface area contributed by atoms with Crippen LogP contribution in [0.4, 0.5) is 4.79 Å². The molecule has 5 heteroatoms. The molecule has 0 aliphatic carbocycles. The Bertz CT molecular complexity index is 395. The van der Waals surface area contributed by atoms with E-state index in [9.17, 15) is 4.79 Å². The van der Waals surface area contributed by atoms with Crippen LogP contribution in [0.3, 0.4) is 0 Å². The van der Waals surface area contributed by atoms with Crippen molar-refractivity contribution in [2.75, 3.05) is 46.6 Å². The molecule has 0 fully saturated rings. The highest BCUT2D eigenvalue weighted by Crippen LogP contribution is 2.13. The van der Waals surface area contributed by atoms with Gasteiger partial charge in [-0.3, -0.25) is 0 Å². The second kappa shape index (κ2) is 29.4. The minimum Gasteiger partial charge on any atom is -0.447 e. The zero-order valence-electron chi connectivity index (χ0n) is 24.0. The van der Waals surface area contributed by atoms with Crippen LogP contribution >= 0.6 is 0 Å². The molecule has 0 aromatic rings. The van der Waals surface area contributed by atoms with Crippen molar-refractivity contribution in [1.29, 1.82) is 0 Å². The van der Waals surface area contributed by atoms with Gasteiger partial charge in [0.15, 0.2) is 0 Å². The van der Waals surface area contributed by atoms with Gasteiger partial charge in [0, 0.05) is 20.2 Å². The number of methoxy groups -OCH3 is 1. The Hall–Kier alpha value is -0.810. The van der Waals surface area contributed by atoms with Crippen LogP contribution in [0.2, 0.25) is 0 Å². The van der Waals surface area contributed by atoms with Crippen LogP contribution in [-0.2, 0) is 14.2 Å². The number of carbonyl (C=O) groups is 1. The molecule has 0 aromatic carbocycles. The van der Waals surface area contributed by atoms with Gasteiger partial charge in [0.1, 0.15) is 6.61 Å². The summed E-state index contributed by atoms with van der Waals surface area (Å²) in [6, 6.07) is 0. The van der Waals surface area contributed by atoms with E-state index in [1.54, 1.807) is 7.11 Å². The number of nitrogens with zero attached hydrogens (tertiary/aromatic N) is 1. The molecule has 0 unspecified atom stereocenters. The van der Waals surface area contributed by atoms with Gasteiger partial charge in [0.2, 0.25) is 0 Å². The lowest BCUT2D eigenvalue weighted by molar-refractivity contribution is 0.0328. The summed E-state index contributed by atoms with van der Waals surface area (Å²) in [4.78, 5) is 14.6. The lowest BCUT2D eigenvalue weighted by Gasteiger charge is -2.22. The van der Waals surface area contributed by atoms with E-state index in [0.29, 0.717) is 26.4 Å². The van der Waals surface area contributed by atoms with E-state index in [0.717, 1.165) is 25.9 Å². The summed E-state index contributed by atoms with van der Waals surface area (Å²) >= 11 is 0. The molecule has 0 bridgehead atoms. The number of carbonyl (C=O) groups excluding carboxylic acids is 1. The maximum Gasteiger partial charge on any atom is 0.409 e. The smallest absolute Gasteiger partial charge is 0.409 e. The summed E-state index contributed by atoms with van der Waals surface area (Å²) in [5.74, 6) is 0. The zero-order valence-corrected chi connectivity index (χ0v) is 24.0. The lowest BCUT2D eigenvalue weighted by Crippen LogP contribution is -2.34. The molecule has 0 rings (SSSR count). The molecule has 0 radical (unpaired) electrons. The van der Waals surface area contributed by atoms with Crippen molar-refractivity contribution < 1.29 is 19.0 Å². The molecular formula is C30H61NO4. The molecule has 1 amide bonds. The van der Waals surface area contributed by atoms with Gasteiger partial charge in [-0.2, -0.15) is 0 Å². The SMILES string of the molecule is CCCCCCCCCCCCN(CCCCCCCCCCCC)C(=O)OCCOCCOC. The molecule has 0 spiro atoms. The van der Waals surface area contributed by atoms with E-state index in [1.165, 1.54) is 116 Å². The second-order valence-corrected chi connectivity index (χ2v) is 10.1. The summed E-state index contributed by atoms with van der Waals surface area (Å²) in [6.07, 6.45) is 26.0. The van der Waals surface area contributed by atoms with Gasteiger partial charge in [0.05, 0.1) is 19.8 Å². The Kier molecular flexibility index (Phi) is 28.7. The topological polar surface area (TPSA) is 48.0 Å². The third-order valence-electron chi connectivity index (χ3n) is 6.71. The predicted octanol–water partition coefficient (Wildman–Crippen LogP) is 8.93. The maximum atomic E-state index is 12.6. The fourth-order valence-corrected chi connectivity index (χ4v) is 4.40. The molecule has 5 nitrogen and oxygen atoms in total. The van der Waals surface area contributed by atoms with Crippen molar-refractivity contribution in [2.45, 2.75) is 142 Å². The van der Waals surface area contributed by atoms with Gasteiger partial charge in [-0.15, -0.1) is 0 Å². The van der Waals surface area contributed by atoms with Gasteiger partial charge >= 0.3 is 6.09 Å². The molecule has 210 valence electrons. The van der Waals surface area contributed by atoms with Gasteiger partial charge in [-0.1, -0.05) is 129 Å². The predicted molar refractivity (Wildman–Crippen MR) is 149 cm³/mol. The van der Waals surface area contributed by atoms with Crippen LogP contribution in [0.25, 0.3) is 0 Å². The summed E-state index contributed by atoms with van der Waals surface area (Å²) in [6.45, 7) is 8.02. The zero-order chi connectivity index (χ0) is 25.7. The van der Waals surface area contributed by atoms with E-state index < -0.39 is 0 Å². The van der Waals surface area contributed by atoms with Crippen molar-refractivity contribution in [3.05, 3.63) is 0 Å². The van der Waals surface area contributed by atoms with Crippen molar-refractivity contribution in [2.24, 2.45) is 0 Å². The van der Waals surface area contributed by atoms with Crippen LogP contribution in [0, 0.1) is 0 Å². The van der Waals surface area contributed by atoms with Crippen LogP contribution in [-0.4, -0.2) is 57.6 Å². The Balaban J connectivity index is 4.01. The molecule has 0 atom stereocenters. The fraction of sp³-hybridized carbons (Fsp3) is 0.967. The van der Waals surface area contributed by atoms with Gasteiger partial charge < -0.3 is 19.1 Å². The van der Waals surface area contributed by atoms with Crippen molar-refractivity contribution in [3.8, 4) is 0 Å². The van der Waals surface area contributed by atoms with Crippen LogP contribution < -0.4 is 0 Å². The van der Waals surface area contributed by atoms with E-state index in [4.69, 9.17) is 14.2 Å². The number of hydrogen-bond acceptors (Lipinski definition) is 4. The number of unbranched alkanes of at least 4 members (excludes halogenated alkanes) is 18. The maximum absolute atomic E-state index is 12.6. The standard InChI is InChI=1S/C30H61NO4/c1-4-6-8-10-12-14-16-18-20-22-24-31(30(32)35-29-28-34-27-26-33-3)25-23-21-19-17-15-13-11-9-7-5-2/h4-29H2,1-3H3. The Morgan fingerprint density at radius 1 is 0.514 bits per heavy atom. The summed E-state index contributed by atoms with van der Waals surface area (Å²) in [7, 11) is 1.66. The van der Waals surface area contributed by atoms with E-state index in [-0.39, 0.29) is 6.09 Å². The van der Waals surface area contributed by atoms with Crippen molar-refractivity contribution >= 4 is 6.09 Å². The van der Waals surface area contributed by atoms with Gasteiger partial charge in [0.25, 0.3) is 0 Å². The molecule has 0 aliphatic heterocycles. The summed E-state index contributed by atoms with van der Waals surface area (Å²) < 4.78 is 15.9. The Morgan fingerprint density at radius 3 is 1.29 bits per heavy atom. The molecule has 0 aromatic heterocycles. The molecule has 0 aliphatic rings. The average Bonchev–Trinajstić information content (AvgIpc) is 2.86. The minimum absolute atomic E-state index is 0.174. The normalized spacial score (nSPS) is 11.2. The first kappa shape index (κ1) is 34.2. The van der Waals surface area contributed by atoms with Crippen LogP contribution in [0.15, 0.2) is 0 Å². The molecule has 0 heterocycles. The first-order valence-electron chi connectivity index (χ1n) is 15.2. The molecule has 0 N–H and O–H groups in total. The van der Waals surface area contributed by atoms with Gasteiger partial charge in [-0.25, -0.2) is 4.79 Å². The van der Waals surface area contributed by atoms with Crippen molar-refractivity contribution in [3.63, 3.8) is 0 Å². The molecule has 35 heavy (non-hydrogen) atoms. The fourth-order valence-electron chi connectivity index (χ4n) is 4.40. The van der Waals surface area contributed by atoms with E-state index in [1.807, 2.05) is 4.90 Å². The monoisotopic (exact) mass is 499 g/mol. The van der Waals surface area contributed by atoms with Crippen molar-refractivity contribution in [1.82, 2.24) is 4.90 Å². The van der Waals surface area contributed by atoms with E-state index in [2.05, 4.69) is 13.8 Å². The summed E-state index contributed by atoms with van der Waals surface area (Å²) in [5, 5.41) is 0. The van der Waals surface area contributed by atoms with Crippen LogP contribution in [0.5, 0.6) is 0 Å². The Labute approximate surface area is 219 Å². The lowest BCUT2D eigenvalue weighted by atomic mass is 10.1. The number of amides is 1. The molecule has 0 saturated heterocycles. The highest BCUT2D eigenvalue weighted by atomic mass is 16.6.